The second kappa shape index (κ2) is 23.1. The Morgan fingerprint density at radius 2 is 1.78 bits per heavy atom. The molecular formula is C45H71N5O8S. The van der Waals surface area contributed by atoms with Crippen LogP contribution in [0.3, 0.4) is 0 Å². The summed E-state index contributed by atoms with van der Waals surface area (Å²) in [6.45, 7) is 17.8. The molecule has 1 aliphatic rings. The van der Waals surface area contributed by atoms with Crippen LogP contribution in [0.15, 0.2) is 23.6 Å². The molecule has 3 amide bonds. The summed E-state index contributed by atoms with van der Waals surface area (Å²) in [6.07, 6.45) is 6.95. The third kappa shape index (κ3) is 14.6. The number of rotatable bonds is 23. The maximum atomic E-state index is 14.9. The number of thiazole rings is 1. The van der Waals surface area contributed by atoms with Gasteiger partial charge in [-0.05, 0) is 95.5 Å². The third-order valence-electron chi connectivity index (χ3n) is 11.8. The van der Waals surface area contributed by atoms with Gasteiger partial charge in [-0.15, -0.1) is 11.3 Å². The number of unbranched alkanes of at least 4 members (excludes halogenated alkanes) is 3. The molecule has 1 fully saturated rings. The van der Waals surface area contributed by atoms with Crippen LogP contribution in [0.4, 0.5) is 0 Å². The lowest BCUT2D eigenvalue weighted by molar-refractivity contribution is -0.150. The summed E-state index contributed by atoms with van der Waals surface area (Å²) < 4.78 is 5.92. The Morgan fingerprint density at radius 1 is 1.07 bits per heavy atom. The van der Waals surface area contributed by atoms with Crippen LogP contribution in [0.1, 0.15) is 152 Å². The molecule has 0 unspecified atom stereocenters. The molecule has 3 rings (SSSR count). The minimum absolute atomic E-state index is 0.0664. The van der Waals surface area contributed by atoms with Crippen LogP contribution in [0.2, 0.25) is 0 Å². The van der Waals surface area contributed by atoms with E-state index in [0.29, 0.717) is 23.5 Å². The van der Waals surface area contributed by atoms with Crippen LogP contribution < -0.4 is 10.6 Å². The highest BCUT2D eigenvalue weighted by Crippen LogP contribution is 2.33. The molecule has 1 saturated heterocycles. The van der Waals surface area contributed by atoms with Gasteiger partial charge in [-0.2, -0.15) is 0 Å². The Labute approximate surface area is 356 Å². The van der Waals surface area contributed by atoms with Gasteiger partial charge in [0.1, 0.15) is 22.5 Å². The summed E-state index contributed by atoms with van der Waals surface area (Å²) in [4.78, 5) is 75.8. The number of likely N-dealkylation sites (tertiary alicyclic amines) is 1. The quantitative estimate of drug-likeness (QED) is 0.0649. The lowest BCUT2D eigenvalue weighted by Gasteiger charge is -2.40. The maximum Gasteiger partial charge on any atom is 0.309 e. The monoisotopic (exact) mass is 842 g/mol. The molecule has 0 radical (unpaired) electrons. The molecule has 2 aromatic rings. The van der Waals surface area contributed by atoms with E-state index in [-0.39, 0.29) is 60.4 Å². The average molecular weight is 842 g/mol. The van der Waals surface area contributed by atoms with Crippen molar-refractivity contribution >= 4 is 41.0 Å². The molecule has 0 bridgehead atoms. The fourth-order valence-corrected chi connectivity index (χ4v) is 8.63. The number of hydrogen-bond donors (Lipinski definition) is 4. The summed E-state index contributed by atoms with van der Waals surface area (Å²) in [5.74, 6) is -2.41. The van der Waals surface area contributed by atoms with Crippen LogP contribution in [-0.4, -0.2) is 99.0 Å². The number of aryl methyl sites for hydroxylation is 1. The van der Waals surface area contributed by atoms with Crippen molar-refractivity contribution in [3.05, 3.63) is 45.4 Å². The normalized spacial score (nSPS) is 17.4. The van der Waals surface area contributed by atoms with E-state index in [1.165, 1.54) is 18.3 Å². The number of ether oxygens (including phenoxy) is 1. The number of nitrogens with one attached hydrogen (secondary N) is 2. The number of piperidine rings is 1. The number of benzene rings is 1. The highest BCUT2D eigenvalue weighted by atomic mass is 32.1. The van der Waals surface area contributed by atoms with Gasteiger partial charge in [0.25, 0.3) is 5.91 Å². The van der Waals surface area contributed by atoms with Crippen molar-refractivity contribution in [2.75, 3.05) is 20.1 Å². The fraction of sp³-hybridized carbons (Fsp3) is 0.689. The van der Waals surface area contributed by atoms with Crippen molar-refractivity contribution in [2.45, 2.75) is 163 Å². The maximum absolute atomic E-state index is 14.9. The Morgan fingerprint density at radius 3 is 2.37 bits per heavy atom. The van der Waals surface area contributed by atoms with Gasteiger partial charge in [-0.3, -0.25) is 28.9 Å². The minimum atomic E-state index is -1.16. The molecule has 2 heterocycles. The minimum Gasteiger partial charge on any atom is -0.508 e. The smallest absolute Gasteiger partial charge is 0.309 e. The average Bonchev–Trinajstić information content (AvgIpc) is 3.67. The molecule has 59 heavy (non-hydrogen) atoms. The summed E-state index contributed by atoms with van der Waals surface area (Å²) in [5, 5.41) is 28.4. The van der Waals surface area contributed by atoms with Crippen LogP contribution in [0, 0.1) is 24.2 Å². The highest BCUT2D eigenvalue weighted by Gasteiger charge is 2.39. The van der Waals surface area contributed by atoms with Crippen LogP contribution in [-0.2, 0) is 30.3 Å². The second-order valence-corrected chi connectivity index (χ2v) is 18.5. The van der Waals surface area contributed by atoms with Gasteiger partial charge in [0.15, 0.2) is 6.10 Å². The number of aromatic nitrogens is 1. The summed E-state index contributed by atoms with van der Waals surface area (Å²) in [6, 6.07) is 3.19. The zero-order valence-electron chi connectivity index (χ0n) is 37.1. The second-order valence-electron chi connectivity index (χ2n) is 17.6. The molecule has 0 aliphatic carbocycles. The number of carbonyl (C=O) groups excluding carboxylic acids is 4. The number of phenolic OH excluding ortho intramolecular Hbond substituents is 1. The van der Waals surface area contributed by atoms with Crippen molar-refractivity contribution < 1.29 is 38.9 Å². The first kappa shape index (κ1) is 49.3. The van der Waals surface area contributed by atoms with Crippen molar-refractivity contribution in [3.8, 4) is 5.75 Å². The van der Waals surface area contributed by atoms with E-state index in [2.05, 4.69) is 27.4 Å². The molecule has 13 nitrogen and oxygen atoms in total. The zero-order chi connectivity index (χ0) is 44.0. The molecule has 14 heteroatoms. The first-order valence-corrected chi connectivity index (χ1v) is 22.4. The van der Waals surface area contributed by atoms with E-state index >= 15 is 0 Å². The number of aromatic hydroxyl groups is 1. The number of carboxylic acid groups (broad SMARTS) is 1. The topological polar surface area (TPSA) is 178 Å². The van der Waals surface area contributed by atoms with Gasteiger partial charge in [-0.1, -0.05) is 78.9 Å². The number of esters is 1. The number of aliphatic carboxylic acids is 1. The summed E-state index contributed by atoms with van der Waals surface area (Å²) in [5.41, 5.74) is 0.366. The molecule has 330 valence electrons. The Bertz CT molecular complexity index is 1710. The molecule has 0 saturated carbocycles. The van der Waals surface area contributed by atoms with E-state index < -0.39 is 47.5 Å². The number of likely N-dealkylation sites (N-methyl/N-ethyl adjacent to an activating group) is 1. The molecule has 6 atom stereocenters. The Kier molecular flexibility index (Phi) is 19.3. The van der Waals surface area contributed by atoms with E-state index in [9.17, 15) is 34.2 Å². The number of hydrogen-bond acceptors (Lipinski definition) is 10. The zero-order valence-corrected chi connectivity index (χ0v) is 38.0. The van der Waals surface area contributed by atoms with Crippen molar-refractivity contribution in [1.82, 2.24) is 25.4 Å². The first-order chi connectivity index (χ1) is 27.8. The Hall–Kier alpha value is -4.04. The summed E-state index contributed by atoms with van der Waals surface area (Å²) in [7, 11) is 1.96. The number of amides is 3. The number of phenols is 1. The largest absolute Gasteiger partial charge is 0.508 e. The van der Waals surface area contributed by atoms with Gasteiger partial charge in [0, 0.05) is 37.4 Å². The van der Waals surface area contributed by atoms with Gasteiger partial charge < -0.3 is 30.5 Å². The van der Waals surface area contributed by atoms with Gasteiger partial charge in [0.05, 0.1) is 11.5 Å². The van der Waals surface area contributed by atoms with E-state index in [4.69, 9.17) is 4.74 Å². The van der Waals surface area contributed by atoms with E-state index in [0.717, 1.165) is 57.1 Å². The Balaban J connectivity index is 1.95. The number of carboxylic acids is 1. The predicted molar refractivity (Wildman–Crippen MR) is 231 cm³/mol. The summed E-state index contributed by atoms with van der Waals surface area (Å²) >= 11 is 1.18. The SMILES string of the molecule is CCCCCCN(C(=O)[C@@H](NC(=O)[C@H]1CCCCN1C)[C@@H](C)CC)[C@H](C[C@@H](OC(C)=O)c1nc(C(=O)N[C@H](Cc2ccc(C)c(O)c2)CC(C)(C)C(=O)O)cs1)C(C)C. The predicted octanol–water partition coefficient (Wildman–Crippen LogP) is 7.44. The highest BCUT2D eigenvalue weighted by molar-refractivity contribution is 7.09. The lowest BCUT2D eigenvalue weighted by atomic mass is 9.83. The van der Waals surface area contributed by atoms with Gasteiger partial charge in [0.2, 0.25) is 11.8 Å². The number of nitrogens with zero attached hydrogens (tertiary/aromatic N) is 3. The van der Waals surface area contributed by atoms with Gasteiger partial charge in [-0.25, -0.2) is 4.98 Å². The van der Waals surface area contributed by atoms with Crippen LogP contribution >= 0.6 is 11.3 Å². The third-order valence-corrected chi connectivity index (χ3v) is 12.7. The van der Waals surface area contributed by atoms with Crippen LogP contribution in [0.5, 0.6) is 5.75 Å². The van der Waals surface area contributed by atoms with Crippen molar-refractivity contribution in [3.63, 3.8) is 0 Å². The number of carbonyl (C=O) groups is 5. The molecule has 0 spiro atoms. The lowest BCUT2D eigenvalue weighted by Crippen LogP contribution is -2.59. The van der Waals surface area contributed by atoms with Crippen LogP contribution in [0.25, 0.3) is 0 Å². The van der Waals surface area contributed by atoms with Crippen molar-refractivity contribution in [2.24, 2.45) is 17.3 Å². The molecular weight excluding hydrogens is 771 g/mol. The molecule has 4 N–H and O–H groups in total. The molecule has 1 aliphatic heterocycles. The van der Waals surface area contributed by atoms with E-state index in [1.807, 2.05) is 45.7 Å². The molecule has 1 aromatic carbocycles. The first-order valence-electron chi connectivity index (χ1n) is 21.6. The standard InChI is InChI=1S/C45H71N5O8S/c1-11-13-14-16-22-50(43(55)39(29(5)12-2)48-41(54)35-18-15-17-21-49(35)10)36(28(3)4)25-38(58-31(7)51)42-47-34(27-59-42)40(53)46-33(26-45(8,9)44(56)57)23-32-20-19-30(6)37(52)24-32/h19-20,24,27-29,33,35-36,38-39,52H,11-18,21-23,25-26H2,1-10H3,(H,46,53)(H,48,54)(H,56,57)/t29-,33+,35+,36+,38+,39-/m0/s1. The van der Waals surface area contributed by atoms with Crippen molar-refractivity contribution in [1.29, 1.82) is 0 Å². The van der Waals surface area contributed by atoms with E-state index in [1.54, 1.807) is 38.3 Å². The van der Waals surface area contributed by atoms with Gasteiger partial charge >= 0.3 is 11.9 Å². The molecule has 1 aromatic heterocycles. The fourth-order valence-electron chi connectivity index (χ4n) is 7.79.